The van der Waals surface area contributed by atoms with Gasteiger partial charge in [0, 0.05) is 22.9 Å². The number of para-hydroxylation sites is 2. The summed E-state index contributed by atoms with van der Waals surface area (Å²) in [6, 6.07) is 19.4. The highest BCUT2D eigenvalue weighted by molar-refractivity contribution is 7.98. The van der Waals surface area contributed by atoms with Crippen molar-refractivity contribution in [2.75, 3.05) is 12.4 Å². The molecule has 4 aromatic rings. The number of pyridine rings is 1. The zero-order valence-corrected chi connectivity index (χ0v) is 18.1. The van der Waals surface area contributed by atoms with E-state index in [1.165, 1.54) is 29.3 Å². The number of hydrogen-bond acceptors (Lipinski definition) is 5. The lowest BCUT2D eigenvalue weighted by molar-refractivity contribution is 0.102. The molecule has 1 N–H and O–H groups in total. The molecule has 2 aromatic heterocycles. The third-order valence-electron chi connectivity index (χ3n) is 4.54. The number of halogens is 1. The molecular formula is C23H18ClN3O3S. The third-order valence-corrected chi connectivity index (χ3v) is 5.87. The summed E-state index contributed by atoms with van der Waals surface area (Å²) in [5, 5.41) is 3.41. The maximum absolute atomic E-state index is 12.8. The summed E-state index contributed by atoms with van der Waals surface area (Å²) in [6.45, 7) is 0. The molecule has 1 amide bonds. The fourth-order valence-corrected chi connectivity index (χ4v) is 4.13. The summed E-state index contributed by atoms with van der Waals surface area (Å²) in [4.78, 5) is 30.5. The Morgan fingerprint density at radius 2 is 1.90 bits per heavy atom. The van der Waals surface area contributed by atoms with Crippen molar-refractivity contribution in [1.29, 1.82) is 0 Å². The van der Waals surface area contributed by atoms with Crippen LogP contribution in [0, 0.1) is 0 Å². The van der Waals surface area contributed by atoms with E-state index < -0.39 is 0 Å². The summed E-state index contributed by atoms with van der Waals surface area (Å²) in [7, 11) is 1.53. The van der Waals surface area contributed by atoms with Crippen molar-refractivity contribution < 1.29 is 9.53 Å². The maximum Gasteiger partial charge on any atom is 0.259 e. The maximum atomic E-state index is 12.8. The van der Waals surface area contributed by atoms with E-state index in [0.717, 1.165) is 4.90 Å². The second-order valence-electron chi connectivity index (χ2n) is 6.60. The molecule has 0 saturated carbocycles. The average Bonchev–Trinajstić information content (AvgIpc) is 2.79. The normalized spacial score (nSPS) is 10.8. The molecule has 8 heteroatoms. The van der Waals surface area contributed by atoms with E-state index in [2.05, 4.69) is 10.3 Å². The van der Waals surface area contributed by atoms with Crippen LogP contribution in [0.4, 0.5) is 5.69 Å². The molecule has 0 unspecified atom stereocenters. The highest BCUT2D eigenvalue weighted by atomic mass is 35.5. The van der Waals surface area contributed by atoms with Gasteiger partial charge < -0.3 is 10.1 Å². The number of rotatable bonds is 6. The Morgan fingerprint density at radius 1 is 1.13 bits per heavy atom. The lowest BCUT2D eigenvalue weighted by Crippen LogP contribution is -2.15. The van der Waals surface area contributed by atoms with Gasteiger partial charge in [-0.3, -0.25) is 14.0 Å². The van der Waals surface area contributed by atoms with E-state index in [9.17, 15) is 9.59 Å². The number of anilines is 1. The minimum Gasteiger partial charge on any atom is -0.496 e. The van der Waals surface area contributed by atoms with Crippen LogP contribution in [0.5, 0.6) is 5.75 Å². The number of thioether (sulfide) groups is 1. The minimum atomic E-state index is -0.260. The Labute approximate surface area is 187 Å². The Hall–Kier alpha value is -3.29. The molecule has 31 heavy (non-hydrogen) atoms. The van der Waals surface area contributed by atoms with Gasteiger partial charge >= 0.3 is 0 Å². The number of ether oxygens (including phenoxy) is 1. The predicted octanol–water partition coefficient (Wildman–Crippen LogP) is 4.90. The number of methoxy groups -OCH3 is 1. The molecule has 0 saturated heterocycles. The number of fused-ring (bicyclic) bond motifs is 1. The van der Waals surface area contributed by atoms with E-state index in [4.69, 9.17) is 16.3 Å². The first kappa shape index (κ1) is 21.0. The van der Waals surface area contributed by atoms with Gasteiger partial charge in [-0.25, -0.2) is 4.98 Å². The summed E-state index contributed by atoms with van der Waals surface area (Å²) in [6.07, 6.45) is 1.55. The van der Waals surface area contributed by atoms with Gasteiger partial charge in [-0.05, 0) is 36.4 Å². The summed E-state index contributed by atoms with van der Waals surface area (Å²) >= 11 is 7.44. The molecular weight excluding hydrogens is 434 g/mol. The molecule has 0 aliphatic carbocycles. The SMILES string of the molecule is COc1ccccc1C(=O)Nc1ccccc1SCc1cc(=O)n2cc(Cl)ccc2n1. The number of amides is 1. The van der Waals surface area contributed by atoms with Crippen LogP contribution < -0.4 is 15.6 Å². The first-order valence-electron chi connectivity index (χ1n) is 9.39. The van der Waals surface area contributed by atoms with Crippen LogP contribution in [0.25, 0.3) is 5.65 Å². The smallest absolute Gasteiger partial charge is 0.259 e. The van der Waals surface area contributed by atoms with Crippen molar-refractivity contribution in [1.82, 2.24) is 9.38 Å². The standard InChI is InChI=1S/C23H18ClN3O3S/c1-30-19-8-4-2-6-17(19)23(29)26-18-7-3-5-9-20(18)31-14-16-12-22(28)27-13-15(24)10-11-21(27)25-16/h2-13H,14H2,1H3,(H,26,29). The number of nitrogens with one attached hydrogen (secondary N) is 1. The van der Waals surface area contributed by atoms with Crippen molar-refractivity contribution in [2.45, 2.75) is 10.6 Å². The molecule has 0 radical (unpaired) electrons. The monoisotopic (exact) mass is 451 g/mol. The predicted molar refractivity (Wildman–Crippen MR) is 123 cm³/mol. The van der Waals surface area contributed by atoms with E-state index in [-0.39, 0.29) is 11.5 Å². The van der Waals surface area contributed by atoms with Crippen LogP contribution in [0.1, 0.15) is 16.1 Å². The molecule has 0 spiro atoms. The lowest BCUT2D eigenvalue weighted by Gasteiger charge is -2.12. The summed E-state index contributed by atoms with van der Waals surface area (Å²) in [5.74, 6) is 0.714. The second kappa shape index (κ2) is 9.24. The largest absolute Gasteiger partial charge is 0.496 e. The van der Waals surface area contributed by atoms with Gasteiger partial charge in [0.2, 0.25) is 0 Å². The van der Waals surface area contributed by atoms with Gasteiger partial charge in [-0.1, -0.05) is 35.9 Å². The molecule has 2 heterocycles. The highest BCUT2D eigenvalue weighted by Gasteiger charge is 2.14. The van der Waals surface area contributed by atoms with Gasteiger partial charge in [0.25, 0.3) is 11.5 Å². The van der Waals surface area contributed by atoms with E-state index >= 15 is 0 Å². The molecule has 0 aliphatic rings. The Balaban J connectivity index is 1.54. The van der Waals surface area contributed by atoms with Gasteiger partial charge in [-0.15, -0.1) is 11.8 Å². The van der Waals surface area contributed by atoms with Gasteiger partial charge in [0.05, 0.1) is 29.1 Å². The lowest BCUT2D eigenvalue weighted by atomic mass is 10.2. The first-order valence-corrected chi connectivity index (χ1v) is 10.8. The number of hydrogen-bond donors (Lipinski definition) is 1. The quantitative estimate of drug-likeness (QED) is 0.422. The number of nitrogens with zero attached hydrogens (tertiary/aromatic N) is 2. The first-order chi connectivity index (χ1) is 15.0. The molecule has 0 aliphatic heterocycles. The Morgan fingerprint density at radius 3 is 2.74 bits per heavy atom. The van der Waals surface area contributed by atoms with Crippen molar-refractivity contribution in [3.05, 3.63) is 99.6 Å². The molecule has 4 rings (SSSR count). The summed E-state index contributed by atoms with van der Waals surface area (Å²) in [5.41, 5.74) is 2.11. The molecule has 156 valence electrons. The topological polar surface area (TPSA) is 72.7 Å². The van der Waals surface area contributed by atoms with Crippen LogP contribution in [-0.4, -0.2) is 22.4 Å². The zero-order chi connectivity index (χ0) is 21.8. The van der Waals surface area contributed by atoms with Gasteiger partial charge in [0.1, 0.15) is 11.4 Å². The fraction of sp³-hybridized carbons (Fsp3) is 0.0870. The minimum absolute atomic E-state index is 0.194. The van der Waals surface area contributed by atoms with Crippen LogP contribution in [-0.2, 0) is 5.75 Å². The van der Waals surface area contributed by atoms with Crippen molar-refractivity contribution in [2.24, 2.45) is 0 Å². The van der Waals surface area contributed by atoms with Crippen molar-refractivity contribution in [3.8, 4) is 5.75 Å². The van der Waals surface area contributed by atoms with Gasteiger partial charge in [0.15, 0.2) is 0 Å². The van der Waals surface area contributed by atoms with Crippen LogP contribution in [0.3, 0.4) is 0 Å². The van der Waals surface area contributed by atoms with Crippen molar-refractivity contribution in [3.63, 3.8) is 0 Å². The second-order valence-corrected chi connectivity index (χ2v) is 8.05. The fourth-order valence-electron chi connectivity index (χ4n) is 3.07. The number of carbonyl (C=O) groups is 1. The molecule has 6 nitrogen and oxygen atoms in total. The van der Waals surface area contributed by atoms with E-state index in [1.54, 1.807) is 36.5 Å². The number of aromatic nitrogens is 2. The van der Waals surface area contributed by atoms with Crippen molar-refractivity contribution >= 4 is 40.6 Å². The Kier molecular flexibility index (Phi) is 6.25. The zero-order valence-electron chi connectivity index (χ0n) is 16.5. The van der Waals surface area contributed by atoms with E-state index in [1.807, 2.05) is 30.3 Å². The van der Waals surface area contributed by atoms with Gasteiger partial charge in [-0.2, -0.15) is 0 Å². The Bertz CT molecular complexity index is 1320. The third kappa shape index (κ3) is 4.73. The van der Waals surface area contributed by atoms with Crippen LogP contribution in [0.15, 0.2) is 82.6 Å². The van der Waals surface area contributed by atoms with Crippen LogP contribution in [0.2, 0.25) is 5.02 Å². The molecule has 0 fully saturated rings. The van der Waals surface area contributed by atoms with Crippen LogP contribution >= 0.6 is 23.4 Å². The average molecular weight is 452 g/mol. The summed E-state index contributed by atoms with van der Waals surface area (Å²) < 4.78 is 6.69. The van der Waals surface area contributed by atoms with E-state index in [0.29, 0.717) is 39.1 Å². The molecule has 0 bridgehead atoms. The number of carbonyl (C=O) groups excluding carboxylic acids is 1. The highest BCUT2D eigenvalue weighted by Crippen LogP contribution is 2.30. The number of benzene rings is 2. The molecule has 2 aromatic carbocycles. The molecule has 0 atom stereocenters.